The van der Waals surface area contributed by atoms with Crippen LogP contribution in [0.2, 0.25) is 10.0 Å². The molecule has 1 N–H and O–H groups in total. The Balaban J connectivity index is 2.48. The van der Waals surface area contributed by atoms with Crippen LogP contribution in [0.4, 0.5) is 11.4 Å². The standard InChI is InChI=1S/C23H28Cl2N4O6S/c1-15(22(31)26-23(2,3)4)27(13-16-9-10-17(24)11-20(16)25)21(30)14-28(36(5,34)35)18-7-6-8-19(12-18)29(32)33/h6-12,15H,13-14H2,1-5H3,(H,26,31). The Labute approximate surface area is 220 Å². The second-order valence-corrected chi connectivity index (χ2v) is 12.0. The molecule has 13 heteroatoms. The van der Waals surface area contributed by atoms with Crippen LogP contribution >= 0.6 is 23.2 Å². The number of nitro groups is 1. The molecule has 36 heavy (non-hydrogen) atoms. The predicted molar refractivity (Wildman–Crippen MR) is 140 cm³/mol. The zero-order chi connectivity index (χ0) is 27.4. The van der Waals surface area contributed by atoms with E-state index in [1.54, 1.807) is 32.9 Å². The quantitative estimate of drug-likeness (QED) is 0.365. The first-order valence-electron chi connectivity index (χ1n) is 10.8. The van der Waals surface area contributed by atoms with E-state index < -0.39 is 44.9 Å². The Kier molecular flexibility index (Phi) is 9.33. The average Bonchev–Trinajstić information content (AvgIpc) is 2.74. The molecule has 0 aromatic heterocycles. The monoisotopic (exact) mass is 558 g/mol. The van der Waals surface area contributed by atoms with Crippen molar-refractivity contribution in [2.75, 3.05) is 17.1 Å². The maximum Gasteiger partial charge on any atom is 0.271 e. The van der Waals surface area contributed by atoms with Gasteiger partial charge in [0.05, 0.1) is 16.9 Å². The SMILES string of the molecule is CC(C(=O)NC(C)(C)C)N(Cc1ccc(Cl)cc1Cl)C(=O)CN(c1cccc([N+](=O)[O-])c1)S(C)(=O)=O. The topological polar surface area (TPSA) is 130 Å². The summed E-state index contributed by atoms with van der Waals surface area (Å²) in [5.41, 5.74) is -0.488. The Morgan fingerprint density at radius 1 is 1.14 bits per heavy atom. The van der Waals surface area contributed by atoms with Crippen molar-refractivity contribution in [3.8, 4) is 0 Å². The molecule has 10 nitrogen and oxygen atoms in total. The fourth-order valence-corrected chi connectivity index (χ4v) is 4.58. The number of non-ortho nitro benzene ring substituents is 1. The minimum Gasteiger partial charge on any atom is -0.350 e. The highest BCUT2D eigenvalue weighted by Crippen LogP contribution is 2.26. The van der Waals surface area contributed by atoms with E-state index in [2.05, 4.69) is 5.32 Å². The number of amides is 2. The molecule has 2 aromatic carbocycles. The molecule has 0 saturated heterocycles. The molecule has 0 spiro atoms. The van der Waals surface area contributed by atoms with Crippen LogP contribution in [0.1, 0.15) is 33.3 Å². The van der Waals surface area contributed by atoms with Crippen LogP contribution in [0.5, 0.6) is 0 Å². The summed E-state index contributed by atoms with van der Waals surface area (Å²) >= 11 is 12.3. The maximum absolute atomic E-state index is 13.5. The summed E-state index contributed by atoms with van der Waals surface area (Å²) in [5.74, 6) is -1.17. The molecule has 2 rings (SSSR count). The lowest BCUT2D eigenvalue weighted by atomic mass is 10.1. The summed E-state index contributed by atoms with van der Waals surface area (Å²) in [5, 5.41) is 14.6. The number of sulfonamides is 1. The molecule has 0 saturated carbocycles. The largest absolute Gasteiger partial charge is 0.350 e. The molecule has 0 aliphatic heterocycles. The first kappa shape index (κ1) is 29.3. The van der Waals surface area contributed by atoms with Gasteiger partial charge in [-0.2, -0.15) is 0 Å². The van der Waals surface area contributed by atoms with Crippen molar-refractivity contribution in [1.29, 1.82) is 0 Å². The second-order valence-electron chi connectivity index (χ2n) is 9.22. The van der Waals surface area contributed by atoms with E-state index in [-0.39, 0.29) is 22.9 Å². The predicted octanol–water partition coefficient (Wildman–Crippen LogP) is 4.00. The smallest absolute Gasteiger partial charge is 0.271 e. The van der Waals surface area contributed by atoms with Crippen molar-refractivity contribution in [3.63, 3.8) is 0 Å². The zero-order valence-corrected chi connectivity index (χ0v) is 22.8. The summed E-state index contributed by atoms with van der Waals surface area (Å²) < 4.78 is 25.9. The molecule has 0 heterocycles. The number of benzene rings is 2. The summed E-state index contributed by atoms with van der Waals surface area (Å²) in [7, 11) is -4.03. The van der Waals surface area contributed by atoms with Gasteiger partial charge in [-0.05, 0) is 51.5 Å². The number of nitro benzene ring substituents is 1. The minimum atomic E-state index is -4.03. The molecule has 1 unspecified atom stereocenters. The Hall–Kier alpha value is -2.89. The van der Waals surface area contributed by atoms with Crippen LogP contribution in [0.15, 0.2) is 42.5 Å². The van der Waals surface area contributed by atoms with Crippen molar-refractivity contribution < 1.29 is 22.9 Å². The molecule has 1 atom stereocenters. The lowest BCUT2D eigenvalue weighted by Crippen LogP contribution is -2.54. The summed E-state index contributed by atoms with van der Waals surface area (Å²) in [6.45, 7) is 6.06. The van der Waals surface area contributed by atoms with E-state index in [4.69, 9.17) is 23.2 Å². The number of carbonyl (C=O) groups excluding carboxylic acids is 2. The number of nitrogens with zero attached hydrogens (tertiary/aromatic N) is 3. The van der Waals surface area contributed by atoms with Crippen molar-refractivity contribution in [1.82, 2.24) is 10.2 Å². The number of halogens is 2. The van der Waals surface area contributed by atoms with Crippen LogP contribution in [-0.4, -0.2) is 54.4 Å². The lowest BCUT2D eigenvalue weighted by Gasteiger charge is -2.33. The van der Waals surface area contributed by atoms with Crippen molar-refractivity contribution >= 4 is 56.4 Å². The van der Waals surface area contributed by atoms with Crippen LogP contribution in [0.3, 0.4) is 0 Å². The molecular weight excluding hydrogens is 531 g/mol. The van der Waals surface area contributed by atoms with Crippen LogP contribution in [-0.2, 0) is 26.2 Å². The molecule has 0 radical (unpaired) electrons. The van der Waals surface area contributed by atoms with Gasteiger partial charge in [0.15, 0.2) is 0 Å². The fraction of sp³-hybridized carbons (Fsp3) is 0.391. The molecule has 2 amide bonds. The number of anilines is 1. The highest BCUT2D eigenvalue weighted by molar-refractivity contribution is 7.92. The minimum absolute atomic E-state index is 0.0590. The number of hydrogen-bond donors (Lipinski definition) is 1. The average molecular weight is 559 g/mol. The van der Waals surface area contributed by atoms with Gasteiger partial charge in [0, 0.05) is 34.3 Å². The normalized spacial score (nSPS) is 12.5. The Morgan fingerprint density at radius 2 is 1.78 bits per heavy atom. The summed E-state index contributed by atoms with van der Waals surface area (Å²) in [6, 6.07) is 8.61. The Morgan fingerprint density at radius 3 is 2.31 bits per heavy atom. The van der Waals surface area contributed by atoms with Crippen LogP contribution < -0.4 is 9.62 Å². The van der Waals surface area contributed by atoms with Crippen LogP contribution in [0.25, 0.3) is 0 Å². The Bertz CT molecular complexity index is 1260. The van der Waals surface area contributed by atoms with E-state index in [1.807, 2.05) is 0 Å². The number of rotatable bonds is 9. The first-order chi connectivity index (χ1) is 16.5. The molecule has 0 fully saturated rings. The number of nitrogens with one attached hydrogen (secondary N) is 1. The first-order valence-corrected chi connectivity index (χ1v) is 13.4. The van der Waals surface area contributed by atoms with Gasteiger partial charge in [-0.25, -0.2) is 8.42 Å². The molecule has 0 aliphatic carbocycles. The fourth-order valence-electron chi connectivity index (χ4n) is 3.27. The van der Waals surface area contributed by atoms with E-state index >= 15 is 0 Å². The van der Waals surface area contributed by atoms with Crippen molar-refractivity contribution in [3.05, 3.63) is 68.2 Å². The third kappa shape index (κ3) is 8.07. The van der Waals surface area contributed by atoms with Gasteiger partial charge in [0.2, 0.25) is 21.8 Å². The maximum atomic E-state index is 13.5. The molecule has 0 aliphatic rings. The van der Waals surface area contributed by atoms with Gasteiger partial charge >= 0.3 is 0 Å². The molecule has 196 valence electrons. The van der Waals surface area contributed by atoms with E-state index in [0.717, 1.165) is 16.6 Å². The van der Waals surface area contributed by atoms with E-state index in [0.29, 0.717) is 10.6 Å². The van der Waals surface area contributed by atoms with Crippen molar-refractivity contribution in [2.24, 2.45) is 0 Å². The van der Waals surface area contributed by atoms with Crippen LogP contribution in [0, 0.1) is 10.1 Å². The van der Waals surface area contributed by atoms with E-state index in [1.165, 1.54) is 36.1 Å². The highest BCUT2D eigenvalue weighted by atomic mass is 35.5. The van der Waals surface area contributed by atoms with Gasteiger partial charge in [-0.3, -0.25) is 24.0 Å². The lowest BCUT2D eigenvalue weighted by molar-refractivity contribution is -0.384. The van der Waals surface area contributed by atoms with Gasteiger partial charge in [0.25, 0.3) is 5.69 Å². The van der Waals surface area contributed by atoms with E-state index in [9.17, 15) is 28.1 Å². The molecule has 2 aromatic rings. The summed E-state index contributed by atoms with van der Waals surface area (Å²) in [4.78, 5) is 38.2. The molecule has 0 bridgehead atoms. The van der Waals surface area contributed by atoms with Gasteiger partial charge in [-0.1, -0.05) is 35.3 Å². The highest BCUT2D eigenvalue weighted by Gasteiger charge is 2.32. The number of hydrogen-bond acceptors (Lipinski definition) is 6. The molecular formula is C23H28Cl2N4O6S. The van der Waals surface area contributed by atoms with Crippen molar-refractivity contribution in [2.45, 2.75) is 45.8 Å². The summed E-state index contributed by atoms with van der Waals surface area (Å²) in [6.07, 6.45) is 0.884. The van der Waals surface area contributed by atoms with Gasteiger partial charge in [0.1, 0.15) is 12.6 Å². The van der Waals surface area contributed by atoms with Gasteiger partial charge < -0.3 is 10.2 Å². The van der Waals surface area contributed by atoms with Gasteiger partial charge in [-0.15, -0.1) is 0 Å². The third-order valence-electron chi connectivity index (χ3n) is 5.03. The number of carbonyl (C=O) groups is 2. The third-order valence-corrected chi connectivity index (χ3v) is 6.76. The zero-order valence-electron chi connectivity index (χ0n) is 20.5. The second kappa shape index (κ2) is 11.4.